The lowest BCUT2D eigenvalue weighted by Crippen LogP contribution is -2.29. The summed E-state index contributed by atoms with van der Waals surface area (Å²) in [6.45, 7) is 1.11. The van der Waals surface area contributed by atoms with E-state index in [1.54, 1.807) is 4.90 Å². The van der Waals surface area contributed by atoms with Crippen LogP contribution in [-0.2, 0) is 4.79 Å². The van der Waals surface area contributed by atoms with Crippen molar-refractivity contribution in [3.05, 3.63) is 59.0 Å². The molecule has 0 atom stereocenters. The number of rotatable bonds is 3. The predicted molar refractivity (Wildman–Crippen MR) is 107 cm³/mol. The van der Waals surface area contributed by atoms with Gasteiger partial charge >= 0.3 is 0 Å². The van der Waals surface area contributed by atoms with Gasteiger partial charge in [-0.2, -0.15) is 0 Å². The van der Waals surface area contributed by atoms with Crippen LogP contribution in [-0.4, -0.2) is 30.3 Å². The van der Waals surface area contributed by atoms with Gasteiger partial charge in [0.25, 0.3) is 5.91 Å². The van der Waals surface area contributed by atoms with Gasteiger partial charge in [0, 0.05) is 0 Å². The Kier molecular flexibility index (Phi) is 4.13. The second kappa shape index (κ2) is 6.78. The van der Waals surface area contributed by atoms with Crippen molar-refractivity contribution in [2.75, 3.05) is 18.1 Å². The van der Waals surface area contributed by atoms with Crippen LogP contribution in [0.25, 0.3) is 6.08 Å². The second-order valence-corrected chi connectivity index (χ2v) is 7.64. The normalized spacial score (nSPS) is 21.9. The van der Waals surface area contributed by atoms with Crippen molar-refractivity contribution >= 4 is 34.6 Å². The number of fused-ring (bicyclic) bond motifs is 1. The molecule has 6 heteroatoms. The van der Waals surface area contributed by atoms with E-state index in [1.807, 2.05) is 54.6 Å². The van der Waals surface area contributed by atoms with E-state index in [2.05, 4.69) is 0 Å². The molecule has 27 heavy (non-hydrogen) atoms. The average Bonchev–Trinajstić information content (AvgIpc) is 3.47. The number of amides is 1. The molecular formula is C21H18N2O3S. The van der Waals surface area contributed by atoms with E-state index in [4.69, 9.17) is 14.5 Å². The average molecular weight is 378 g/mol. The summed E-state index contributed by atoms with van der Waals surface area (Å²) in [6, 6.07) is 15.8. The molecule has 136 valence electrons. The Morgan fingerprint density at radius 1 is 1.04 bits per heavy atom. The number of hydrogen-bond acceptors (Lipinski definition) is 5. The standard InChI is InChI=1S/C21H18N2O3S/c24-20-19(13-14-6-9-17-18(12-14)26-11-10-25-17)27-21(22-15-7-8-15)23(20)16-4-2-1-3-5-16/h1-6,9,12-13,15H,7-8,10-11H2/b19-13-,22-21-. The van der Waals surface area contributed by atoms with Crippen LogP contribution in [0.2, 0.25) is 0 Å². The van der Waals surface area contributed by atoms with Gasteiger partial charge in [-0.3, -0.25) is 14.7 Å². The van der Waals surface area contributed by atoms with Gasteiger partial charge < -0.3 is 9.47 Å². The maximum Gasteiger partial charge on any atom is 0.271 e. The van der Waals surface area contributed by atoms with Crippen LogP contribution in [0.5, 0.6) is 11.5 Å². The van der Waals surface area contributed by atoms with E-state index < -0.39 is 0 Å². The Morgan fingerprint density at radius 3 is 2.59 bits per heavy atom. The third-order valence-corrected chi connectivity index (χ3v) is 5.51. The van der Waals surface area contributed by atoms with E-state index in [0.717, 1.165) is 40.8 Å². The van der Waals surface area contributed by atoms with Gasteiger partial charge in [0.1, 0.15) is 13.2 Å². The maximum atomic E-state index is 13.1. The fourth-order valence-corrected chi connectivity index (χ4v) is 4.08. The molecule has 2 aliphatic heterocycles. The van der Waals surface area contributed by atoms with Gasteiger partial charge in [0.2, 0.25) is 0 Å². The van der Waals surface area contributed by atoms with Crippen LogP contribution < -0.4 is 14.4 Å². The molecule has 0 bridgehead atoms. The van der Waals surface area contributed by atoms with Crippen molar-refractivity contribution in [1.29, 1.82) is 0 Å². The summed E-state index contributed by atoms with van der Waals surface area (Å²) in [5, 5.41) is 0.762. The Hall–Kier alpha value is -2.73. The number of para-hydroxylation sites is 1. The molecule has 2 fully saturated rings. The number of anilines is 1. The third kappa shape index (κ3) is 3.32. The minimum atomic E-state index is -0.0412. The van der Waals surface area contributed by atoms with Crippen LogP contribution in [0, 0.1) is 0 Å². The third-order valence-electron chi connectivity index (χ3n) is 4.52. The highest BCUT2D eigenvalue weighted by Crippen LogP contribution is 2.39. The fourth-order valence-electron chi connectivity index (χ4n) is 3.03. The number of nitrogens with zero attached hydrogens (tertiary/aromatic N) is 2. The molecule has 5 rings (SSSR count). The van der Waals surface area contributed by atoms with Crippen molar-refractivity contribution < 1.29 is 14.3 Å². The first kappa shape index (κ1) is 16.4. The Balaban J connectivity index is 1.49. The molecule has 0 unspecified atom stereocenters. The van der Waals surface area contributed by atoms with Crippen LogP contribution in [0.4, 0.5) is 5.69 Å². The largest absolute Gasteiger partial charge is 0.486 e. The number of thioether (sulfide) groups is 1. The van der Waals surface area contributed by atoms with E-state index in [-0.39, 0.29) is 5.91 Å². The Morgan fingerprint density at radius 2 is 1.81 bits per heavy atom. The molecule has 3 aliphatic rings. The summed E-state index contributed by atoms with van der Waals surface area (Å²) < 4.78 is 11.2. The highest BCUT2D eigenvalue weighted by molar-refractivity contribution is 8.19. The molecule has 2 aromatic carbocycles. The van der Waals surface area contributed by atoms with Crippen LogP contribution in [0.15, 0.2) is 58.4 Å². The van der Waals surface area contributed by atoms with Crippen molar-refractivity contribution in [2.24, 2.45) is 4.99 Å². The van der Waals surface area contributed by atoms with Gasteiger partial charge in [-0.25, -0.2) is 0 Å². The van der Waals surface area contributed by atoms with Gasteiger partial charge in [-0.1, -0.05) is 24.3 Å². The van der Waals surface area contributed by atoms with Crippen LogP contribution >= 0.6 is 11.8 Å². The molecule has 1 aliphatic carbocycles. The van der Waals surface area contributed by atoms with Gasteiger partial charge in [-0.05, 0) is 60.5 Å². The number of amidine groups is 1. The molecule has 1 saturated heterocycles. The van der Waals surface area contributed by atoms with E-state index >= 15 is 0 Å². The number of carbonyl (C=O) groups is 1. The summed E-state index contributed by atoms with van der Waals surface area (Å²) in [5.41, 5.74) is 1.76. The molecule has 2 heterocycles. The zero-order valence-electron chi connectivity index (χ0n) is 14.6. The SMILES string of the molecule is O=C1/C(=C/c2ccc3c(c2)OCCO3)S/C(=N\C2CC2)N1c1ccccc1. The van der Waals surface area contributed by atoms with Crippen molar-refractivity contribution in [1.82, 2.24) is 0 Å². The molecule has 0 aromatic heterocycles. The molecule has 0 radical (unpaired) electrons. The lowest BCUT2D eigenvalue weighted by atomic mass is 10.1. The quantitative estimate of drug-likeness (QED) is 0.755. The highest BCUT2D eigenvalue weighted by atomic mass is 32.2. The smallest absolute Gasteiger partial charge is 0.271 e. The Bertz CT molecular complexity index is 951. The number of carbonyl (C=O) groups excluding carboxylic acids is 1. The van der Waals surface area contributed by atoms with Crippen LogP contribution in [0.1, 0.15) is 18.4 Å². The zero-order valence-corrected chi connectivity index (χ0v) is 15.4. The van der Waals surface area contributed by atoms with Gasteiger partial charge in [0.05, 0.1) is 16.6 Å². The minimum Gasteiger partial charge on any atom is -0.486 e. The lowest BCUT2D eigenvalue weighted by molar-refractivity contribution is -0.113. The van der Waals surface area contributed by atoms with Crippen molar-refractivity contribution in [2.45, 2.75) is 18.9 Å². The zero-order chi connectivity index (χ0) is 18.2. The van der Waals surface area contributed by atoms with E-state index in [1.165, 1.54) is 11.8 Å². The molecule has 1 saturated carbocycles. The van der Waals surface area contributed by atoms with Gasteiger partial charge in [-0.15, -0.1) is 0 Å². The topological polar surface area (TPSA) is 51.1 Å². The van der Waals surface area contributed by atoms with Gasteiger partial charge in [0.15, 0.2) is 16.7 Å². The lowest BCUT2D eigenvalue weighted by Gasteiger charge is -2.18. The number of hydrogen-bond donors (Lipinski definition) is 0. The molecule has 2 aromatic rings. The number of aliphatic imine (C=N–C) groups is 1. The first-order valence-corrected chi connectivity index (χ1v) is 9.86. The number of ether oxygens (including phenoxy) is 2. The van der Waals surface area contributed by atoms with Crippen LogP contribution in [0.3, 0.4) is 0 Å². The summed E-state index contributed by atoms with van der Waals surface area (Å²) in [6.07, 6.45) is 4.10. The maximum absolute atomic E-state index is 13.1. The monoisotopic (exact) mass is 378 g/mol. The summed E-state index contributed by atoms with van der Waals surface area (Å²) >= 11 is 1.44. The predicted octanol–water partition coefficient (Wildman–Crippen LogP) is 4.10. The summed E-state index contributed by atoms with van der Waals surface area (Å²) in [5.74, 6) is 1.43. The van der Waals surface area contributed by atoms with E-state index in [9.17, 15) is 4.79 Å². The highest BCUT2D eigenvalue weighted by Gasteiger charge is 2.36. The second-order valence-electron chi connectivity index (χ2n) is 6.63. The van der Waals surface area contributed by atoms with Crippen molar-refractivity contribution in [3.63, 3.8) is 0 Å². The molecule has 0 spiro atoms. The summed E-state index contributed by atoms with van der Waals surface area (Å²) in [7, 11) is 0. The Labute approximate surface area is 161 Å². The molecule has 1 amide bonds. The fraction of sp³-hybridized carbons (Fsp3) is 0.238. The van der Waals surface area contributed by atoms with E-state index in [0.29, 0.717) is 24.2 Å². The number of benzene rings is 2. The first-order valence-electron chi connectivity index (χ1n) is 9.04. The molecule has 0 N–H and O–H groups in total. The summed E-state index contributed by atoms with van der Waals surface area (Å²) in [4.78, 5) is 20.2. The minimum absolute atomic E-state index is 0.0412. The first-order chi connectivity index (χ1) is 13.3. The van der Waals surface area contributed by atoms with Crippen molar-refractivity contribution in [3.8, 4) is 11.5 Å². The molecular weight excluding hydrogens is 360 g/mol. The molecule has 5 nitrogen and oxygen atoms in total.